The number of rotatable bonds is 2. The van der Waals surface area contributed by atoms with Gasteiger partial charge in [-0.25, -0.2) is 4.79 Å². The molecular formula is C9H12Cl2N2OS. The average molecular weight is 267 g/mol. The van der Waals surface area contributed by atoms with Gasteiger partial charge in [0.15, 0.2) is 0 Å². The third-order valence-corrected chi connectivity index (χ3v) is 2.34. The molecule has 0 aromatic heterocycles. The molecule has 1 rings (SSSR count). The van der Waals surface area contributed by atoms with E-state index in [1.165, 1.54) is 0 Å². The van der Waals surface area contributed by atoms with Gasteiger partial charge in [0.2, 0.25) is 0 Å². The van der Waals surface area contributed by atoms with Gasteiger partial charge in [-0.1, -0.05) is 35.3 Å². The number of primary amides is 1. The smallest absolute Gasteiger partial charge is 0.312 e. The molecule has 6 heteroatoms. The van der Waals surface area contributed by atoms with Gasteiger partial charge in [-0.15, -0.1) is 0 Å². The Bertz CT molecular complexity index is 334. The van der Waals surface area contributed by atoms with Gasteiger partial charge in [-0.2, -0.15) is 12.6 Å². The first-order chi connectivity index (χ1) is 7.11. The Labute approximate surface area is 104 Å². The van der Waals surface area contributed by atoms with Gasteiger partial charge < -0.3 is 11.1 Å². The molecule has 0 aliphatic carbocycles. The summed E-state index contributed by atoms with van der Waals surface area (Å²) in [4.78, 5) is 10.4. The molecule has 3 nitrogen and oxygen atoms in total. The van der Waals surface area contributed by atoms with Gasteiger partial charge in [0.1, 0.15) is 0 Å². The predicted molar refractivity (Wildman–Crippen MR) is 67.8 cm³/mol. The summed E-state index contributed by atoms with van der Waals surface area (Å²) in [5.41, 5.74) is 5.65. The van der Waals surface area contributed by atoms with Crippen LogP contribution in [0.3, 0.4) is 0 Å². The maximum Gasteiger partial charge on any atom is 0.312 e. The standard InChI is InChI=1S/C8H8Cl2N2O.CH4S/c9-6-3-1-2-5(7(6)10)4-12-8(11)13;1-2/h1-3H,4H2,(H3,11,12,13);2H,1H3. The van der Waals surface area contributed by atoms with Crippen molar-refractivity contribution in [3.8, 4) is 0 Å². The minimum absolute atomic E-state index is 0.286. The van der Waals surface area contributed by atoms with Crippen LogP contribution in [0.25, 0.3) is 0 Å². The molecule has 0 unspecified atom stereocenters. The first-order valence-electron chi connectivity index (χ1n) is 4.02. The van der Waals surface area contributed by atoms with Gasteiger partial charge in [-0.05, 0) is 17.9 Å². The van der Waals surface area contributed by atoms with Crippen LogP contribution in [0.5, 0.6) is 0 Å². The lowest BCUT2D eigenvalue weighted by molar-refractivity contribution is 0.248. The summed E-state index contributed by atoms with van der Waals surface area (Å²) in [6.45, 7) is 0.286. The van der Waals surface area contributed by atoms with Crippen molar-refractivity contribution in [2.45, 2.75) is 6.54 Å². The molecular weight excluding hydrogens is 255 g/mol. The fourth-order valence-corrected chi connectivity index (χ4v) is 1.25. The summed E-state index contributed by atoms with van der Waals surface area (Å²) in [6, 6.07) is 4.62. The van der Waals surface area contributed by atoms with Crippen LogP contribution in [-0.2, 0) is 6.54 Å². The van der Waals surface area contributed by atoms with Gasteiger partial charge in [0, 0.05) is 6.54 Å². The van der Waals surface area contributed by atoms with E-state index in [0.29, 0.717) is 10.0 Å². The van der Waals surface area contributed by atoms with Crippen molar-refractivity contribution in [3.63, 3.8) is 0 Å². The van der Waals surface area contributed by atoms with Crippen molar-refractivity contribution in [3.05, 3.63) is 33.8 Å². The van der Waals surface area contributed by atoms with Crippen LogP contribution in [0.4, 0.5) is 4.79 Å². The van der Waals surface area contributed by atoms with E-state index >= 15 is 0 Å². The summed E-state index contributed by atoms with van der Waals surface area (Å²) in [5, 5.41) is 3.33. The fourth-order valence-electron chi connectivity index (χ4n) is 0.867. The van der Waals surface area contributed by atoms with E-state index in [1.807, 2.05) is 0 Å². The average Bonchev–Trinajstić information content (AvgIpc) is 2.23. The number of urea groups is 1. The Morgan fingerprint density at radius 2 is 2.07 bits per heavy atom. The topological polar surface area (TPSA) is 55.1 Å². The van der Waals surface area contributed by atoms with Crippen molar-refractivity contribution < 1.29 is 4.79 Å². The molecule has 15 heavy (non-hydrogen) atoms. The van der Waals surface area contributed by atoms with E-state index in [-0.39, 0.29) is 6.54 Å². The van der Waals surface area contributed by atoms with Gasteiger partial charge in [0.05, 0.1) is 10.0 Å². The summed E-state index contributed by atoms with van der Waals surface area (Å²) in [6.07, 6.45) is 1.69. The minimum atomic E-state index is -0.587. The summed E-state index contributed by atoms with van der Waals surface area (Å²) in [7, 11) is 0. The molecule has 1 aromatic carbocycles. The second-order valence-corrected chi connectivity index (χ2v) is 3.22. The van der Waals surface area contributed by atoms with Crippen LogP contribution in [0, 0.1) is 0 Å². The minimum Gasteiger partial charge on any atom is -0.352 e. The first-order valence-corrected chi connectivity index (χ1v) is 5.67. The number of benzene rings is 1. The number of amides is 2. The second kappa shape index (κ2) is 7.68. The van der Waals surface area contributed by atoms with Crippen LogP contribution < -0.4 is 11.1 Å². The van der Waals surface area contributed by atoms with E-state index in [2.05, 4.69) is 17.9 Å². The zero-order valence-electron chi connectivity index (χ0n) is 8.13. The third-order valence-electron chi connectivity index (χ3n) is 1.48. The molecule has 0 radical (unpaired) electrons. The van der Waals surface area contributed by atoms with Crippen molar-refractivity contribution in [1.29, 1.82) is 0 Å². The quantitative estimate of drug-likeness (QED) is 0.709. The molecule has 0 saturated carbocycles. The van der Waals surface area contributed by atoms with Crippen LogP contribution in [-0.4, -0.2) is 12.3 Å². The number of halogens is 2. The third kappa shape index (κ3) is 5.16. The van der Waals surface area contributed by atoms with Crippen LogP contribution >= 0.6 is 35.8 Å². The number of carbonyl (C=O) groups is 1. The van der Waals surface area contributed by atoms with Gasteiger partial charge in [0.25, 0.3) is 0 Å². The highest BCUT2D eigenvalue weighted by molar-refractivity contribution is 7.79. The Morgan fingerprint density at radius 1 is 1.47 bits per heavy atom. The maximum absolute atomic E-state index is 10.4. The van der Waals surface area contributed by atoms with Crippen molar-refractivity contribution in [2.75, 3.05) is 6.26 Å². The number of hydrogen-bond donors (Lipinski definition) is 3. The van der Waals surface area contributed by atoms with E-state index in [9.17, 15) is 4.79 Å². The normalized spacial score (nSPS) is 8.80. The lowest BCUT2D eigenvalue weighted by Gasteiger charge is -2.05. The summed E-state index contributed by atoms with van der Waals surface area (Å²) >= 11 is 15.1. The van der Waals surface area contributed by atoms with E-state index in [0.717, 1.165) is 5.56 Å². The Morgan fingerprint density at radius 3 is 2.60 bits per heavy atom. The molecule has 84 valence electrons. The van der Waals surface area contributed by atoms with Crippen molar-refractivity contribution in [1.82, 2.24) is 5.32 Å². The summed E-state index contributed by atoms with van der Waals surface area (Å²) < 4.78 is 0. The molecule has 0 aliphatic rings. The largest absolute Gasteiger partial charge is 0.352 e. The first kappa shape index (κ1) is 14.4. The summed E-state index contributed by atoms with van der Waals surface area (Å²) in [5.74, 6) is 0. The molecule has 0 atom stereocenters. The second-order valence-electron chi connectivity index (χ2n) is 2.43. The van der Waals surface area contributed by atoms with Crippen molar-refractivity contribution in [2.24, 2.45) is 5.73 Å². The zero-order chi connectivity index (χ0) is 11.8. The number of thiol groups is 1. The van der Waals surface area contributed by atoms with Crippen LogP contribution in [0.15, 0.2) is 18.2 Å². The molecule has 0 saturated heterocycles. The molecule has 0 bridgehead atoms. The highest BCUT2D eigenvalue weighted by Crippen LogP contribution is 2.25. The molecule has 3 N–H and O–H groups in total. The highest BCUT2D eigenvalue weighted by atomic mass is 35.5. The number of hydrogen-bond acceptors (Lipinski definition) is 2. The predicted octanol–water partition coefficient (Wildman–Crippen LogP) is 2.71. The van der Waals surface area contributed by atoms with E-state index in [4.69, 9.17) is 28.9 Å². The lowest BCUT2D eigenvalue weighted by atomic mass is 10.2. The lowest BCUT2D eigenvalue weighted by Crippen LogP contribution is -2.28. The SMILES string of the molecule is CS.NC(=O)NCc1cccc(Cl)c1Cl. The maximum atomic E-state index is 10.4. The Kier molecular flexibility index (Phi) is 7.38. The Balaban J connectivity index is 0.000000921. The molecule has 0 spiro atoms. The Hall–Kier alpha value is -0.580. The molecule has 0 fully saturated rings. The molecule has 0 aliphatic heterocycles. The molecule has 2 amide bonds. The molecule has 1 aromatic rings. The van der Waals surface area contributed by atoms with Crippen LogP contribution in [0.1, 0.15) is 5.56 Å². The van der Waals surface area contributed by atoms with E-state index in [1.54, 1.807) is 24.5 Å². The fraction of sp³-hybridized carbons (Fsp3) is 0.222. The number of nitrogens with two attached hydrogens (primary N) is 1. The van der Waals surface area contributed by atoms with Gasteiger partial charge >= 0.3 is 6.03 Å². The van der Waals surface area contributed by atoms with Gasteiger partial charge in [-0.3, -0.25) is 0 Å². The van der Waals surface area contributed by atoms with Crippen LogP contribution in [0.2, 0.25) is 10.0 Å². The zero-order valence-corrected chi connectivity index (χ0v) is 10.5. The monoisotopic (exact) mass is 266 g/mol. The number of carbonyl (C=O) groups excluding carboxylic acids is 1. The van der Waals surface area contributed by atoms with E-state index < -0.39 is 6.03 Å². The number of nitrogens with one attached hydrogen (secondary N) is 1. The molecule has 0 heterocycles. The highest BCUT2D eigenvalue weighted by Gasteiger charge is 2.03. The van der Waals surface area contributed by atoms with Crippen molar-refractivity contribution >= 4 is 41.9 Å².